The summed E-state index contributed by atoms with van der Waals surface area (Å²) in [6.45, 7) is 11.3. The summed E-state index contributed by atoms with van der Waals surface area (Å²) in [6, 6.07) is 0. The predicted molar refractivity (Wildman–Crippen MR) is 76.4 cm³/mol. The number of ether oxygens (including phenoxy) is 1. The summed E-state index contributed by atoms with van der Waals surface area (Å²) in [6.07, 6.45) is 2.62. The average Bonchev–Trinajstić information content (AvgIpc) is 2.70. The summed E-state index contributed by atoms with van der Waals surface area (Å²) in [5.41, 5.74) is -0.342. The van der Waals surface area contributed by atoms with Gasteiger partial charge in [0.05, 0.1) is 13.3 Å². The van der Waals surface area contributed by atoms with Crippen LogP contribution in [0.5, 0.6) is 5.75 Å². The summed E-state index contributed by atoms with van der Waals surface area (Å²) < 4.78 is 7.14. The van der Waals surface area contributed by atoms with Gasteiger partial charge in [0.15, 0.2) is 5.75 Å². The summed E-state index contributed by atoms with van der Waals surface area (Å²) in [4.78, 5) is 0. The van der Waals surface area contributed by atoms with Crippen LogP contribution < -0.4 is 10.1 Å². The lowest BCUT2D eigenvalue weighted by molar-refractivity contribution is 0.0385. The third kappa shape index (κ3) is 4.21. The van der Waals surface area contributed by atoms with Crippen LogP contribution >= 0.6 is 0 Å². The van der Waals surface area contributed by atoms with E-state index in [1.54, 1.807) is 20.2 Å². The zero-order valence-corrected chi connectivity index (χ0v) is 12.9. The molecule has 0 aliphatic carbocycles. The van der Waals surface area contributed by atoms with Crippen molar-refractivity contribution in [2.45, 2.75) is 58.7 Å². The molecule has 0 amide bonds. The van der Waals surface area contributed by atoms with Crippen LogP contribution in [0.1, 0.15) is 46.7 Å². The van der Waals surface area contributed by atoms with Gasteiger partial charge in [0.1, 0.15) is 11.3 Å². The monoisotopic (exact) mass is 269 g/mol. The van der Waals surface area contributed by atoms with Crippen LogP contribution in [0.4, 0.5) is 0 Å². The molecule has 0 fully saturated rings. The van der Waals surface area contributed by atoms with Crippen molar-refractivity contribution in [1.82, 2.24) is 15.1 Å². The molecule has 0 aromatic carbocycles. The van der Waals surface area contributed by atoms with Crippen molar-refractivity contribution in [1.29, 1.82) is 0 Å². The lowest BCUT2D eigenvalue weighted by atomic mass is 9.99. The van der Waals surface area contributed by atoms with Crippen molar-refractivity contribution in [2.24, 2.45) is 0 Å². The number of methoxy groups -OCH3 is 1. The smallest absolute Gasteiger partial charge is 0.162 e. The first-order valence-electron chi connectivity index (χ1n) is 6.79. The average molecular weight is 269 g/mol. The molecule has 0 aliphatic rings. The Bertz CT molecular complexity index is 405. The van der Waals surface area contributed by atoms with E-state index < -0.39 is 5.60 Å². The summed E-state index contributed by atoms with van der Waals surface area (Å²) >= 11 is 0. The molecule has 1 heterocycles. The van der Waals surface area contributed by atoms with Crippen molar-refractivity contribution < 1.29 is 9.84 Å². The van der Waals surface area contributed by atoms with Crippen molar-refractivity contribution in [3.8, 4) is 5.75 Å². The number of hydrogen-bond donors (Lipinski definition) is 2. The standard InChI is InChI=1S/C14H27N3O2/c1-7-8-17-12(11(19-6)9-16-17)14(5,18)10-15-13(2,3)4/h9,15,18H,7-8,10H2,1-6H3. The topological polar surface area (TPSA) is 59.3 Å². The highest BCUT2D eigenvalue weighted by molar-refractivity contribution is 5.30. The molecule has 110 valence electrons. The third-order valence-electron chi connectivity index (χ3n) is 2.93. The van der Waals surface area contributed by atoms with Crippen LogP contribution in [0, 0.1) is 0 Å². The minimum absolute atomic E-state index is 0.0488. The van der Waals surface area contributed by atoms with Gasteiger partial charge in [-0.15, -0.1) is 0 Å². The van der Waals surface area contributed by atoms with E-state index in [-0.39, 0.29) is 5.54 Å². The van der Waals surface area contributed by atoms with Crippen LogP contribution in [0.25, 0.3) is 0 Å². The highest BCUT2D eigenvalue weighted by atomic mass is 16.5. The van der Waals surface area contributed by atoms with Gasteiger partial charge >= 0.3 is 0 Å². The van der Waals surface area contributed by atoms with Gasteiger partial charge in [0.2, 0.25) is 0 Å². The fourth-order valence-corrected chi connectivity index (χ4v) is 1.96. The summed E-state index contributed by atoms with van der Waals surface area (Å²) in [5.74, 6) is 0.633. The first-order valence-corrected chi connectivity index (χ1v) is 6.79. The quantitative estimate of drug-likeness (QED) is 0.828. The van der Waals surface area contributed by atoms with Gasteiger partial charge in [-0.2, -0.15) is 5.10 Å². The van der Waals surface area contributed by atoms with Crippen molar-refractivity contribution >= 4 is 0 Å². The molecule has 19 heavy (non-hydrogen) atoms. The van der Waals surface area contributed by atoms with E-state index in [2.05, 4.69) is 38.1 Å². The maximum Gasteiger partial charge on any atom is 0.162 e. The Morgan fingerprint density at radius 1 is 1.37 bits per heavy atom. The highest BCUT2D eigenvalue weighted by Crippen LogP contribution is 2.30. The van der Waals surface area contributed by atoms with Gasteiger partial charge < -0.3 is 15.2 Å². The minimum Gasteiger partial charge on any atom is -0.493 e. The van der Waals surface area contributed by atoms with E-state index in [1.165, 1.54) is 0 Å². The first-order chi connectivity index (χ1) is 8.71. The molecule has 0 saturated heterocycles. The molecule has 0 bridgehead atoms. The second-order valence-electron chi connectivity index (χ2n) is 6.16. The molecule has 1 atom stereocenters. The zero-order valence-electron chi connectivity index (χ0n) is 12.9. The molecular formula is C14H27N3O2. The maximum absolute atomic E-state index is 10.8. The number of nitrogens with zero attached hydrogens (tertiary/aromatic N) is 2. The number of nitrogens with one attached hydrogen (secondary N) is 1. The molecule has 1 unspecified atom stereocenters. The van der Waals surface area contributed by atoms with E-state index in [9.17, 15) is 5.11 Å². The Hall–Kier alpha value is -1.07. The number of rotatable bonds is 6. The molecule has 5 heteroatoms. The van der Waals surface area contributed by atoms with Gasteiger partial charge in [0, 0.05) is 18.6 Å². The van der Waals surface area contributed by atoms with Crippen LogP contribution in [0.2, 0.25) is 0 Å². The number of aliphatic hydroxyl groups is 1. The Balaban J connectivity index is 3.00. The molecular weight excluding hydrogens is 242 g/mol. The van der Waals surface area contributed by atoms with E-state index in [0.717, 1.165) is 18.7 Å². The van der Waals surface area contributed by atoms with Crippen molar-refractivity contribution in [3.63, 3.8) is 0 Å². The Morgan fingerprint density at radius 3 is 2.47 bits per heavy atom. The Labute approximate surface area is 116 Å². The molecule has 0 saturated carbocycles. The lowest BCUT2D eigenvalue weighted by Gasteiger charge is -2.30. The molecule has 1 rings (SSSR count). The first kappa shape index (κ1) is 16.0. The molecule has 1 aromatic rings. The molecule has 0 spiro atoms. The molecule has 1 aromatic heterocycles. The molecule has 2 N–H and O–H groups in total. The van der Waals surface area contributed by atoms with Crippen molar-refractivity contribution in [3.05, 3.63) is 11.9 Å². The van der Waals surface area contributed by atoms with Gasteiger partial charge in [-0.25, -0.2) is 0 Å². The normalized spacial score (nSPS) is 15.3. The maximum atomic E-state index is 10.8. The van der Waals surface area contributed by atoms with Gasteiger partial charge in [-0.05, 0) is 34.1 Å². The molecule has 5 nitrogen and oxygen atoms in total. The predicted octanol–water partition coefficient (Wildman–Crippen LogP) is 1.90. The number of aromatic nitrogens is 2. The number of β-amino-alcohol motifs (C(OH)–C–C–N with tert-alkyl or cyclic N) is 1. The van der Waals surface area contributed by atoms with Gasteiger partial charge in [-0.1, -0.05) is 6.92 Å². The van der Waals surface area contributed by atoms with E-state index >= 15 is 0 Å². The zero-order chi connectivity index (χ0) is 14.7. The number of hydrogen-bond acceptors (Lipinski definition) is 4. The Kier molecular flexibility index (Phi) is 4.98. The highest BCUT2D eigenvalue weighted by Gasteiger charge is 2.32. The fourth-order valence-electron chi connectivity index (χ4n) is 1.96. The van der Waals surface area contributed by atoms with E-state index in [1.807, 2.05) is 4.68 Å². The second kappa shape index (κ2) is 5.92. The third-order valence-corrected chi connectivity index (χ3v) is 2.93. The summed E-state index contributed by atoms with van der Waals surface area (Å²) in [7, 11) is 1.60. The Morgan fingerprint density at radius 2 is 2.00 bits per heavy atom. The lowest BCUT2D eigenvalue weighted by Crippen LogP contribution is -2.45. The SMILES string of the molecule is CCCn1ncc(OC)c1C(C)(O)CNC(C)(C)C. The summed E-state index contributed by atoms with van der Waals surface area (Å²) in [5, 5.41) is 18.4. The van der Waals surface area contributed by atoms with Crippen LogP contribution in [0.15, 0.2) is 6.20 Å². The minimum atomic E-state index is -1.02. The largest absolute Gasteiger partial charge is 0.493 e. The van der Waals surface area contributed by atoms with Crippen molar-refractivity contribution in [2.75, 3.05) is 13.7 Å². The number of aryl methyl sites for hydroxylation is 1. The molecule has 0 aliphatic heterocycles. The van der Waals surface area contributed by atoms with Crippen LogP contribution in [-0.2, 0) is 12.1 Å². The fraction of sp³-hybridized carbons (Fsp3) is 0.786. The van der Waals surface area contributed by atoms with Gasteiger partial charge in [0.25, 0.3) is 0 Å². The van der Waals surface area contributed by atoms with E-state index in [0.29, 0.717) is 12.3 Å². The molecule has 0 radical (unpaired) electrons. The second-order valence-corrected chi connectivity index (χ2v) is 6.16. The van der Waals surface area contributed by atoms with E-state index in [4.69, 9.17) is 4.74 Å². The van der Waals surface area contributed by atoms with Crippen LogP contribution in [-0.4, -0.2) is 34.1 Å². The van der Waals surface area contributed by atoms with Gasteiger partial charge in [-0.3, -0.25) is 4.68 Å². The van der Waals surface area contributed by atoms with Crippen LogP contribution in [0.3, 0.4) is 0 Å².